The molecule has 1 N–H and O–H groups in total. The number of nitrogens with zero attached hydrogens (tertiary/aromatic N) is 3. The Kier molecular flexibility index (Phi) is 5.65. The van der Waals surface area contributed by atoms with Crippen molar-refractivity contribution in [3.8, 4) is 0 Å². The van der Waals surface area contributed by atoms with E-state index in [1.54, 1.807) is 11.6 Å². The summed E-state index contributed by atoms with van der Waals surface area (Å²) in [4.78, 5) is 13.5. The normalized spacial score (nSPS) is 19.7. The molecule has 21 heavy (non-hydrogen) atoms. The van der Waals surface area contributed by atoms with Crippen LogP contribution in [0.5, 0.6) is 0 Å². The third kappa shape index (κ3) is 4.20. The van der Waals surface area contributed by atoms with Crippen molar-refractivity contribution in [1.29, 1.82) is 0 Å². The Balaban J connectivity index is 1.98. The molecule has 1 aromatic heterocycles. The van der Waals surface area contributed by atoms with Crippen LogP contribution in [0.3, 0.4) is 0 Å². The van der Waals surface area contributed by atoms with Crippen LogP contribution in [0.15, 0.2) is 0 Å². The Hall–Kier alpha value is -1.07. The van der Waals surface area contributed by atoms with Crippen molar-refractivity contribution >= 4 is 17.5 Å². The molecule has 0 saturated carbocycles. The molecule has 2 heterocycles. The van der Waals surface area contributed by atoms with Crippen molar-refractivity contribution in [2.24, 2.45) is 13.0 Å². The zero-order valence-electron chi connectivity index (χ0n) is 13.2. The van der Waals surface area contributed by atoms with E-state index in [0.717, 1.165) is 49.0 Å². The maximum absolute atomic E-state index is 11.0. The number of carbonyl (C=O) groups excluding carboxylic acids is 1. The first kappa shape index (κ1) is 16.3. The third-order valence-electron chi connectivity index (χ3n) is 4.11. The number of hydrogen-bond donors (Lipinski definition) is 1. The van der Waals surface area contributed by atoms with E-state index in [2.05, 4.69) is 22.2 Å². The van der Waals surface area contributed by atoms with Crippen molar-refractivity contribution in [1.82, 2.24) is 20.0 Å². The number of amides is 1. The predicted octanol–water partition coefficient (Wildman–Crippen LogP) is 1.98. The Morgan fingerprint density at radius 3 is 2.95 bits per heavy atom. The van der Waals surface area contributed by atoms with Crippen LogP contribution in [-0.4, -0.2) is 40.2 Å². The second-order valence-corrected chi connectivity index (χ2v) is 6.23. The van der Waals surface area contributed by atoms with Crippen LogP contribution in [0, 0.1) is 5.92 Å². The van der Waals surface area contributed by atoms with Gasteiger partial charge in [-0.25, -0.2) is 0 Å². The van der Waals surface area contributed by atoms with Crippen LogP contribution >= 0.6 is 11.6 Å². The summed E-state index contributed by atoms with van der Waals surface area (Å²) >= 11 is 6.37. The maximum atomic E-state index is 11.0. The van der Waals surface area contributed by atoms with Gasteiger partial charge in [0.1, 0.15) is 5.15 Å². The van der Waals surface area contributed by atoms with E-state index in [4.69, 9.17) is 11.6 Å². The Morgan fingerprint density at radius 2 is 2.29 bits per heavy atom. The molecule has 1 aromatic rings. The molecule has 0 aromatic carbocycles. The molecule has 1 aliphatic rings. The predicted molar refractivity (Wildman–Crippen MR) is 84.3 cm³/mol. The molecule has 0 radical (unpaired) electrons. The Morgan fingerprint density at radius 1 is 1.52 bits per heavy atom. The molecule has 0 spiro atoms. The molecule has 6 heteroatoms. The van der Waals surface area contributed by atoms with Gasteiger partial charge in [-0.2, -0.15) is 5.10 Å². The molecule has 5 nitrogen and oxygen atoms in total. The summed E-state index contributed by atoms with van der Waals surface area (Å²) in [5, 5.41) is 8.15. The highest BCUT2D eigenvalue weighted by molar-refractivity contribution is 6.30. The second kappa shape index (κ2) is 7.27. The molecule has 1 fully saturated rings. The monoisotopic (exact) mass is 312 g/mol. The van der Waals surface area contributed by atoms with Gasteiger partial charge in [-0.3, -0.25) is 14.4 Å². The smallest absolute Gasteiger partial charge is 0.216 e. The fourth-order valence-electron chi connectivity index (χ4n) is 3.01. The second-order valence-electron chi connectivity index (χ2n) is 5.87. The third-order valence-corrected chi connectivity index (χ3v) is 4.58. The molecule has 1 amide bonds. The van der Waals surface area contributed by atoms with E-state index in [9.17, 15) is 4.79 Å². The first-order valence-electron chi connectivity index (χ1n) is 7.68. The number of nitrogens with one attached hydrogen (secondary N) is 1. The summed E-state index contributed by atoms with van der Waals surface area (Å²) in [7, 11) is 1.89. The zero-order chi connectivity index (χ0) is 15.4. The minimum atomic E-state index is 0.0516. The highest BCUT2D eigenvalue weighted by Crippen LogP contribution is 2.24. The largest absolute Gasteiger partial charge is 0.356 e. The summed E-state index contributed by atoms with van der Waals surface area (Å²) in [5.41, 5.74) is 2.24. The van der Waals surface area contributed by atoms with Crippen LogP contribution in [0.2, 0.25) is 5.15 Å². The number of aromatic nitrogens is 2. The van der Waals surface area contributed by atoms with Crippen molar-refractivity contribution in [3.63, 3.8) is 0 Å². The molecule has 0 bridgehead atoms. The summed E-state index contributed by atoms with van der Waals surface area (Å²) in [6.45, 7) is 7.40. The molecule has 2 rings (SSSR count). The summed E-state index contributed by atoms with van der Waals surface area (Å²) in [5.74, 6) is 0.582. The fourth-order valence-corrected chi connectivity index (χ4v) is 3.22. The van der Waals surface area contributed by atoms with Gasteiger partial charge in [-0.05, 0) is 31.7 Å². The molecular weight excluding hydrogens is 288 g/mol. The number of carbonyl (C=O) groups is 1. The SMILES string of the molecule is CCc1nn(C)c(Cl)c1CN1CCC[C@@H](CNC(C)=O)C1. The van der Waals surface area contributed by atoms with Gasteiger partial charge in [0.2, 0.25) is 5.91 Å². The number of hydrogen-bond acceptors (Lipinski definition) is 3. The topological polar surface area (TPSA) is 50.2 Å². The van der Waals surface area contributed by atoms with Crippen LogP contribution in [0.4, 0.5) is 0 Å². The quantitative estimate of drug-likeness (QED) is 0.904. The van der Waals surface area contributed by atoms with E-state index in [0.29, 0.717) is 5.92 Å². The first-order valence-corrected chi connectivity index (χ1v) is 8.06. The van der Waals surface area contributed by atoms with E-state index in [1.807, 2.05) is 7.05 Å². The van der Waals surface area contributed by atoms with Gasteiger partial charge < -0.3 is 5.32 Å². The molecule has 1 atom stereocenters. The average molecular weight is 313 g/mol. The van der Waals surface area contributed by atoms with Crippen molar-refractivity contribution in [2.75, 3.05) is 19.6 Å². The van der Waals surface area contributed by atoms with Crippen LogP contribution < -0.4 is 5.32 Å². The zero-order valence-corrected chi connectivity index (χ0v) is 13.9. The Bertz CT molecular complexity index is 500. The van der Waals surface area contributed by atoms with Gasteiger partial charge >= 0.3 is 0 Å². The lowest BCUT2D eigenvalue weighted by Gasteiger charge is -2.32. The van der Waals surface area contributed by atoms with Gasteiger partial charge in [0, 0.05) is 39.2 Å². The number of piperidine rings is 1. The van der Waals surface area contributed by atoms with Crippen molar-refractivity contribution in [2.45, 2.75) is 39.7 Å². The molecule has 0 unspecified atom stereocenters. The van der Waals surface area contributed by atoms with Crippen LogP contribution in [0.25, 0.3) is 0 Å². The highest BCUT2D eigenvalue weighted by atomic mass is 35.5. The van der Waals surface area contributed by atoms with E-state index in [-0.39, 0.29) is 5.91 Å². The molecule has 0 aliphatic carbocycles. The van der Waals surface area contributed by atoms with Gasteiger partial charge in [0.05, 0.1) is 5.69 Å². The first-order chi connectivity index (χ1) is 10.0. The Labute approximate surface area is 131 Å². The van der Waals surface area contributed by atoms with Crippen molar-refractivity contribution in [3.05, 3.63) is 16.4 Å². The summed E-state index contributed by atoms with van der Waals surface area (Å²) < 4.78 is 1.76. The molecule has 118 valence electrons. The van der Waals surface area contributed by atoms with Gasteiger partial charge in [-0.15, -0.1) is 0 Å². The summed E-state index contributed by atoms with van der Waals surface area (Å²) in [6, 6.07) is 0. The molecule has 1 aliphatic heterocycles. The van der Waals surface area contributed by atoms with E-state index < -0.39 is 0 Å². The lowest BCUT2D eigenvalue weighted by atomic mass is 9.97. The minimum absolute atomic E-state index is 0.0516. The van der Waals surface area contributed by atoms with Gasteiger partial charge in [-0.1, -0.05) is 18.5 Å². The van der Waals surface area contributed by atoms with Gasteiger partial charge in [0.15, 0.2) is 0 Å². The number of halogens is 1. The maximum Gasteiger partial charge on any atom is 0.216 e. The van der Waals surface area contributed by atoms with Crippen LogP contribution in [0.1, 0.15) is 37.9 Å². The lowest BCUT2D eigenvalue weighted by molar-refractivity contribution is -0.119. The minimum Gasteiger partial charge on any atom is -0.356 e. The average Bonchev–Trinajstić information content (AvgIpc) is 2.73. The van der Waals surface area contributed by atoms with Crippen LogP contribution in [-0.2, 0) is 24.8 Å². The highest BCUT2D eigenvalue weighted by Gasteiger charge is 2.23. The number of likely N-dealkylation sites (tertiary alicyclic amines) is 1. The number of aryl methyl sites for hydroxylation is 2. The lowest BCUT2D eigenvalue weighted by Crippen LogP contribution is -2.40. The van der Waals surface area contributed by atoms with E-state index >= 15 is 0 Å². The molecular formula is C15H25ClN4O. The summed E-state index contributed by atoms with van der Waals surface area (Å²) in [6.07, 6.45) is 3.25. The van der Waals surface area contributed by atoms with Gasteiger partial charge in [0.25, 0.3) is 0 Å². The fraction of sp³-hybridized carbons (Fsp3) is 0.733. The molecule has 1 saturated heterocycles. The standard InChI is InChI=1S/C15H25ClN4O/c1-4-14-13(15(16)19(3)18-14)10-20-7-5-6-12(9-20)8-17-11(2)21/h12H,4-10H2,1-3H3,(H,17,21)/t12-/m0/s1. The van der Waals surface area contributed by atoms with E-state index in [1.165, 1.54) is 12.8 Å². The number of rotatable bonds is 5. The van der Waals surface area contributed by atoms with Crippen molar-refractivity contribution < 1.29 is 4.79 Å².